The number of nitrogens with zero attached hydrogens (tertiary/aromatic N) is 1. The molecule has 1 saturated heterocycles. The van der Waals surface area contributed by atoms with Crippen LogP contribution < -0.4 is 5.32 Å². The van der Waals surface area contributed by atoms with E-state index < -0.39 is 17.9 Å². The second-order valence-corrected chi connectivity index (χ2v) is 6.21. The van der Waals surface area contributed by atoms with Crippen molar-refractivity contribution in [1.82, 2.24) is 10.2 Å². The third kappa shape index (κ3) is 3.42. The maximum atomic E-state index is 12.4. The Kier molecular flexibility index (Phi) is 4.61. The van der Waals surface area contributed by atoms with Crippen LogP contribution in [0.5, 0.6) is 0 Å². The summed E-state index contributed by atoms with van der Waals surface area (Å²) in [6.45, 7) is 1.39. The number of benzene rings is 1. The average molecular weight is 377 g/mol. The van der Waals surface area contributed by atoms with Crippen LogP contribution in [0.25, 0.3) is 17.4 Å². The van der Waals surface area contributed by atoms with Gasteiger partial charge in [-0.15, -0.1) is 0 Å². The number of rotatable bonds is 4. The van der Waals surface area contributed by atoms with Crippen molar-refractivity contribution in [3.05, 3.63) is 52.9 Å². The quantitative estimate of drug-likeness (QED) is 0.630. The number of furan rings is 1. The average Bonchev–Trinajstić information content (AvgIpc) is 3.12. The molecule has 0 aliphatic carbocycles. The summed E-state index contributed by atoms with van der Waals surface area (Å²) in [6.07, 6.45) is 1.48. The number of thiocarbonyl (C=S) groups is 1. The van der Waals surface area contributed by atoms with E-state index in [0.29, 0.717) is 16.5 Å². The van der Waals surface area contributed by atoms with Gasteiger partial charge in [0.05, 0.1) is 0 Å². The number of halogens is 1. The Bertz CT molecular complexity index is 906. The van der Waals surface area contributed by atoms with Crippen LogP contribution in [0, 0.1) is 0 Å². The van der Waals surface area contributed by atoms with Gasteiger partial charge < -0.3 is 14.8 Å². The van der Waals surface area contributed by atoms with Crippen LogP contribution >= 0.6 is 23.8 Å². The topological polar surface area (TPSA) is 82.8 Å². The monoisotopic (exact) mass is 376 g/mol. The van der Waals surface area contributed by atoms with E-state index >= 15 is 0 Å². The first-order valence-corrected chi connectivity index (χ1v) is 8.10. The molecule has 1 unspecified atom stereocenters. The van der Waals surface area contributed by atoms with E-state index in [0.717, 1.165) is 10.5 Å². The number of amides is 1. The van der Waals surface area contributed by atoms with Gasteiger partial charge >= 0.3 is 5.97 Å². The van der Waals surface area contributed by atoms with E-state index in [-0.39, 0.29) is 10.8 Å². The summed E-state index contributed by atoms with van der Waals surface area (Å²) in [4.78, 5) is 24.5. The van der Waals surface area contributed by atoms with Gasteiger partial charge in [0, 0.05) is 16.7 Å². The van der Waals surface area contributed by atoms with Crippen molar-refractivity contribution in [3.8, 4) is 11.3 Å². The van der Waals surface area contributed by atoms with Crippen molar-refractivity contribution in [2.75, 3.05) is 0 Å². The van der Waals surface area contributed by atoms with Crippen molar-refractivity contribution >= 4 is 46.9 Å². The van der Waals surface area contributed by atoms with Gasteiger partial charge in [-0.05, 0) is 43.4 Å². The zero-order chi connectivity index (χ0) is 18.1. The smallest absolute Gasteiger partial charge is 0.326 e. The number of hydrogen-bond donors (Lipinski definition) is 2. The summed E-state index contributed by atoms with van der Waals surface area (Å²) in [5, 5.41) is 12.4. The summed E-state index contributed by atoms with van der Waals surface area (Å²) >= 11 is 11.0. The molecule has 8 heteroatoms. The molecule has 6 nitrogen and oxygen atoms in total. The molecule has 128 valence electrons. The fourth-order valence-corrected chi connectivity index (χ4v) is 2.92. The summed E-state index contributed by atoms with van der Waals surface area (Å²) in [6, 6.07) is 9.59. The van der Waals surface area contributed by atoms with Crippen molar-refractivity contribution in [2.45, 2.75) is 13.0 Å². The summed E-state index contributed by atoms with van der Waals surface area (Å²) < 4.78 is 5.71. The normalized spacial score (nSPS) is 17.0. The Morgan fingerprint density at radius 2 is 2.16 bits per heavy atom. The lowest BCUT2D eigenvalue weighted by molar-refractivity contribution is -0.144. The zero-order valence-electron chi connectivity index (χ0n) is 13.0. The molecule has 1 amide bonds. The van der Waals surface area contributed by atoms with Crippen LogP contribution in [0.2, 0.25) is 5.02 Å². The zero-order valence-corrected chi connectivity index (χ0v) is 14.6. The molecule has 0 radical (unpaired) electrons. The number of carboxylic acid groups (broad SMARTS) is 1. The lowest BCUT2D eigenvalue weighted by atomic mass is 10.2. The van der Waals surface area contributed by atoms with Gasteiger partial charge in [-0.2, -0.15) is 0 Å². The first-order valence-electron chi connectivity index (χ1n) is 7.31. The van der Waals surface area contributed by atoms with Gasteiger partial charge in [0.1, 0.15) is 23.3 Å². The Morgan fingerprint density at radius 3 is 2.84 bits per heavy atom. The van der Waals surface area contributed by atoms with Crippen LogP contribution in [0.15, 0.2) is 46.5 Å². The summed E-state index contributed by atoms with van der Waals surface area (Å²) in [5.41, 5.74) is 0.963. The summed E-state index contributed by atoms with van der Waals surface area (Å²) in [7, 11) is 0. The molecule has 3 rings (SSSR count). The van der Waals surface area contributed by atoms with Crippen LogP contribution in [0.1, 0.15) is 12.7 Å². The second-order valence-electron chi connectivity index (χ2n) is 5.39. The van der Waals surface area contributed by atoms with E-state index in [2.05, 4.69) is 5.32 Å². The predicted molar refractivity (Wildman–Crippen MR) is 96.8 cm³/mol. The lowest BCUT2D eigenvalue weighted by Crippen LogP contribution is -2.43. The standard InChI is InChI=1S/C17H13ClN2O4S/c1-9(16(22)23)20-15(21)13(19-17(20)25)8-12-5-6-14(24-12)10-3-2-4-11(18)7-10/h2-9H,1H3,(H,19,25)(H,22,23)/b13-8-. The largest absolute Gasteiger partial charge is 0.480 e. The van der Waals surface area contributed by atoms with Gasteiger partial charge in [-0.3, -0.25) is 9.69 Å². The molecule has 1 aromatic carbocycles. The molecule has 25 heavy (non-hydrogen) atoms. The number of carbonyl (C=O) groups is 2. The van der Waals surface area contributed by atoms with Crippen molar-refractivity contribution in [1.29, 1.82) is 0 Å². The molecule has 0 spiro atoms. The van der Waals surface area contributed by atoms with Gasteiger partial charge in [0.25, 0.3) is 5.91 Å². The van der Waals surface area contributed by atoms with Gasteiger partial charge in [-0.1, -0.05) is 23.7 Å². The molecule has 1 aromatic heterocycles. The molecule has 2 aromatic rings. The van der Waals surface area contributed by atoms with E-state index in [1.165, 1.54) is 13.0 Å². The van der Waals surface area contributed by atoms with E-state index in [4.69, 9.17) is 33.3 Å². The van der Waals surface area contributed by atoms with E-state index in [9.17, 15) is 9.59 Å². The van der Waals surface area contributed by atoms with Crippen LogP contribution in [-0.4, -0.2) is 33.0 Å². The highest BCUT2D eigenvalue weighted by molar-refractivity contribution is 7.80. The highest BCUT2D eigenvalue weighted by Gasteiger charge is 2.37. The molecule has 1 aliphatic heterocycles. The van der Waals surface area contributed by atoms with Gasteiger partial charge in [0.15, 0.2) is 5.11 Å². The highest BCUT2D eigenvalue weighted by atomic mass is 35.5. The molecule has 1 atom stereocenters. The molecule has 1 fully saturated rings. The highest BCUT2D eigenvalue weighted by Crippen LogP contribution is 2.26. The number of carbonyl (C=O) groups excluding carboxylic acids is 1. The molecule has 0 bridgehead atoms. The minimum atomic E-state index is -1.14. The molecular weight excluding hydrogens is 364 g/mol. The van der Waals surface area contributed by atoms with Crippen LogP contribution in [0.3, 0.4) is 0 Å². The van der Waals surface area contributed by atoms with Crippen molar-refractivity contribution < 1.29 is 19.1 Å². The maximum absolute atomic E-state index is 12.4. The third-order valence-electron chi connectivity index (χ3n) is 3.68. The number of nitrogens with one attached hydrogen (secondary N) is 1. The first kappa shape index (κ1) is 17.2. The molecule has 2 N–H and O–H groups in total. The molecule has 1 aliphatic rings. The van der Waals surface area contributed by atoms with Gasteiger partial charge in [0.2, 0.25) is 0 Å². The summed E-state index contributed by atoms with van der Waals surface area (Å²) in [5.74, 6) is -0.628. The number of hydrogen-bond acceptors (Lipinski definition) is 4. The Morgan fingerprint density at radius 1 is 1.40 bits per heavy atom. The third-order valence-corrected chi connectivity index (χ3v) is 4.21. The number of carboxylic acids is 1. The maximum Gasteiger partial charge on any atom is 0.326 e. The molecule has 0 saturated carbocycles. The van der Waals surface area contributed by atoms with E-state index in [1.54, 1.807) is 24.3 Å². The van der Waals surface area contributed by atoms with Crippen molar-refractivity contribution in [3.63, 3.8) is 0 Å². The van der Waals surface area contributed by atoms with Gasteiger partial charge in [-0.25, -0.2) is 4.79 Å². The Hall–Kier alpha value is -2.64. The van der Waals surface area contributed by atoms with Crippen LogP contribution in [0.4, 0.5) is 0 Å². The Balaban J connectivity index is 1.86. The SMILES string of the molecule is CC(C(=O)O)N1C(=O)/C(=C/c2ccc(-c3cccc(Cl)c3)o2)NC1=S. The Labute approximate surface area is 153 Å². The second kappa shape index (κ2) is 6.70. The number of aliphatic carboxylic acids is 1. The minimum Gasteiger partial charge on any atom is -0.480 e. The fraction of sp³-hybridized carbons (Fsp3) is 0.118. The fourth-order valence-electron chi connectivity index (χ4n) is 2.38. The van der Waals surface area contributed by atoms with Crippen molar-refractivity contribution in [2.24, 2.45) is 0 Å². The molecular formula is C17H13ClN2O4S. The van der Waals surface area contributed by atoms with E-state index in [1.807, 2.05) is 12.1 Å². The van der Waals surface area contributed by atoms with Crippen LogP contribution in [-0.2, 0) is 9.59 Å². The molecule has 2 heterocycles. The first-order chi connectivity index (χ1) is 11.9. The minimum absolute atomic E-state index is 0.0489. The lowest BCUT2D eigenvalue weighted by Gasteiger charge is -2.18. The predicted octanol–water partition coefficient (Wildman–Crippen LogP) is 3.13.